The summed E-state index contributed by atoms with van der Waals surface area (Å²) in [5.74, 6) is -0.821. The Morgan fingerprint density at radius 1 is 1.21 bits per heavy atom. The Bertz CT molecular complexity index is 606. The quantitative estimate of drug-likeness (QED) is 0.883. The molecule has 0 saturated carbocycles. The average Bonchev–Trinajstić information content (AvgIpc) is 2.86. The molecule has 0 aliphatic rings. The Morgan fingerprint density at radius 2 is 1.84 bits per heavy atom. The molecule has 3 N–H and O–H groups in total. The van der Waals surface area contributed by atoms with Gasteiger partial charge in [0.15, 0.2) is 0 Å². The maximum absolute atomic E-state index is 11.9. The normalized spacial score (nSPS) is 10.2. The number of hydrogen-bond donors (Lipinski definition) is 2. The molecule has 0 radical (unpaired) electrons. The number of aromatic nitrogens is 2. The summed E-state index contributed by atoms with van der Waals surface area (Å²) in [6.07, 6.45) is 0.779. The summed E-state index contributed by atoms with van der Waals surface area (Å²) >= 11 is 1.34. The van der Waals surface area contributed by atoms with Crippen LogP contribution in [-0.4, -0.2) is 22.0 Å². The van der Waals surface area contributed by atoms with Crippen LogP contribution >= 0.6 is 11.3 Å². The van der Waals surface area contributed by atoms with E-state index in [1.54, 1.807) is 0 Å². The first-order valence-electron chi connectivity index (χ1n) is 5.63. The van der Waals surface area contributed by atoms with Crippen molar-refractivity contribution >= 4 is 28.3 Å². The van der Waals surface area contributed by atoms with Crippen molar-refractivity contribution in [3.8, 4) is 0 Å². The summed E-state index contributed by atoms with van der Waals surface area (Å²) in [5.41, 5.74) is 5.92. The van der Waals surface area contributed by atoms with Crippen molar-refractivity contribution in [2.45, 2.75) is 13.3 Å². The van der Waals surface area contributed by atoms with E-state index < -0.39 is 5.91 Å². The average molecular weight is 276 g/mol. The van der Waals surface area contributed by atoms with Crippen LogP contribution in [0.1, 0.15) is 32.6 Å². The Labute approximate surface area is 113 Å². The maximum atomic E-state index is 11.9. The number of anilines is 1. The largest absolute Gasteiger partial charge is 0.366 e. The second-order valence-corrected chi connectivity index (χ2v) is 4.81. The van der Waals surface area contributed by atoms with Crippen molar-refractivity contribution in [3.05, 3.63) is 40.4 Å². The molecule has 2 aromatic rings. The van der Waals surface area contributed by atoms with Gasteiger partial charge in [-0.3, -0.25) is 14.9 Å². The number of aryl methyl sites for hydroxylation is 1. The van der Waals surface area contributed by atoms with Gasteiger partial charge in [-0.15, -0.1) is 10.2 Å². The van der Waals surface area contributed by atoms with E-state index in [0.29, 0.717) is 16.3 Å². The van der Waals surface area contributed by atoms with Gasteiger partial charge in [0.05, 0.1) is 0 Å². The lowest BCUT2D eigenvalue weighted by atomic mass is 10.1. The molecule has 0 saturated heterocycles. The molecular formula is C12H12N4O2S. The fourth-order valence-corrected chi connectivity index (χ4v) is 2.08. The van der Waals surface area contributed by atoms with Gasteiger partial charge >= 0.3 is 0 Å². The lowest BCUT2D eigenvalue weighted by Crippen LogP contribution is -2.14. The molecule has 1 aromatic heterocycles. The molecule has 0 atom stereocenters. The van der Waals surface area contributed by atoms with Crippen LogP contribution in [0.4, 0.5) is 5.13 Å². The third-order valence-electron chi connectivity index (χ3n) is 2.42. The first-order valence-corrected chi connectivity index (χ1v) is 6.45. The Balaban J connectivity index is 2.09. The standard InChI is InChI=1S/C12H12N4O2S/c1-2-9-15-16-12(19-9)14-11(18)8-5-3-7(4-6-8)10(13)17/h3-6H,2H2,1H3,(H2,13,17)(H,14,16,18). The Kier molecular flexibility index (Phi) is 3.86. The Morgan fingerprint density at radius 3 is 2.37 bits per heavy atom. The van der Waals surface area contributed by atoms with E-state index in [1.807, 2.05) is 6.92 Å². The molecule has 6 nitrogen and oxygen atoms in total. The number of amides is 2. The predicted molar refractivity (Wildman–Crippen MR) is 72.2 cm³/mol. The van der Waals surface area contributed by atoms with Crippen molar-refractivity contribution < 1.29 is 9.59 Å². The van der Waals surface area contributed by atoms with E-state index in [4.69, 9.17) is 5.73 Å². The van der Waals surface area contributed by atoms with Crippen molar-refractivity contribution in [2.24, 2.45) is 5.73 Å². The fraction of sp³-hybridized carbons (Fsp3) is 0.167. The number of nitrogens with two attached hydrogens (primary N) is 1. The van der Waals surface area contributed by atoms with Crippen LogP contribution in [0.3, 0.4) is 0 Å². The molecule has 98 valence electrons. The van der Waals surface area contributed by atoms with Crippen LogP contribution in [0.5, 0.6) is 0 Å². The van der Waals surface area contributed by atoms with E-state index in [1.165, 1.54) is 35.6 Å². The number of carbonyl (C=O) groups is 2. The summed E-state index contributed by atoms with van der Waals surface area (Å²) in [4.78, 5) is 22.8. The molecule has 19 heavy (non-hydrogen) atoms. The SMILES string of the molecule is CCc1nnc(NC(=O)c2ccc(C(N)=O)cc2)s1. The second-order valence-electron chi connectivity index (χ2n) is 3.75. The van der Waals surface area contributed by atoms with Gasteiger partial charge < -0.3 is 5.73 Å². The molecule has 0 fully saturated rings. The molecule has 0 bridgehead atoms. The molecule has 7 heteroatoms. The number of benzene rings is 1. The number of carbonyl (C=O) groups excluding carboxylic acids is 2. The van der Waals surface area contributed by atoms with Gasteiger partial charge in [0.25, 0.3) is 5.91 Å². The highest BCUT2D eigenvalue weighted by atomic mass is 32.1. The molecule has 2 rings (SSSR count). The molecule has 2 amide bonds. The van der Waals surface area contributed by atoms with Gasteiger partial charge in [-0.2, -0.15) is 0 Å². The van der Waals surface area contributed by atoms with Crippen molar-refractivity contribution in [3.63, 3.8) is 0 Å². The lowest BCUT2D eigenvalue weighted by molar-refractivity contribution is 0.0995. The van der Waals surface area contributed by atoms with E-state index >= 15 is 0 Å². The van der Waals surface area contributed by atoms with Gasteiger partial charge in [-0.25, -0.2) is 0 Å². The zero-order chi connectivity index (χ0) is 13.8. The first-order chi connectivity index (χ1) is 9.10. The minimum atomic E-state index is -0.524. The first kappa shape index (κ1) is 13.2. The minimum Gasteiger partial charge on any atom is -0.366 e. The van der Waals surface area contributed by atoms with Crippen LogP contribution in [0.25, 0.3) is 0 Å². The number of primary amides is 1. The van der Waals surface area contributed by atoms with Crippen LogP contribution in [0, 0.1) is 0 Å². The van der Waals surface area contributed by atoms with Crippen LogP contribution < -0.4 is 11.1 Å². The number of nitrogens with zero attached hydrogens (tertiary/aromatic N) is 2. The van der Waals surface area contributed by atoms with Crippen LogP contribution in [0.15, 0.2) is 24.3 Å². The summed E-state index contributed by atoms with van der Waals surface area (Å²) in [6, 6.07) is 6.10. The van der Waals surface area contributed by atoms with Gasteiger partial charge in [0, 0.05) is 11.1 Å². The van der Waals surface area contributed by atoms with Gasteiger partial charge in [-0.1, -0.05) is 18.3 Å². The van der Waals surface area contributed by atoms with Gasteiger partial charge in [0.2, 0.25) is 11.0 Å². The van der Waals surface area contributed by atoms with Crippen molar-refractivity contribution in [1.29, 1.82) is 0 Å². The van der Waals surface area contributed by atoms with Crippen molar-refractivity contribution in [1.82, 2.24) is 10.2 Å². The number of nitrogens with one attached hydrogen (secondary N) is 1. The lowest BCUT2D eigenvalue weighted by Gasteiger charge is -2.01. The highest BCUT2D eigenvalue weighted by molar-refractivity contribution is 7.15. The number of rotatable bonds is 4. The third-order valence-corrected chi connectivity index (χ3v) is 3.40. The zero-order valence-electron chi connectivity index (χ0n) is 10.2. The molecule has 0 aliphatic carbocycles. The molecule has 0 aliphatic heterocycles. The van der Waals surface area contributed by atoms with E-state index in [9.17, 15) is 9.59 Å². The van der Waals surface area contributed by atoms with E-state index in [0.717, 1.165) is 11.4 Å². The smallest absolute Gasteiger partial charge is 0.257 e. The monoisotopic (exact) mass is 276 g/mol. The molecular weight excluding hydrogens is 264 g/mol. The summed E-state index contributed by atoms with van der Waals surface area (Å²) < 4.78 is 0. The molecule has 1 heterocycles. The molecule has 0 unspecified atom stereocenters. The van der Waals surface area contributed by atoms with Crippen LogP contribution in [-0.2, 0) is 6.42 Å². The van der Waals surface area contributed by atoms with E-state index in [-0.39, 0.29) is 5.91 Å². The van der Waals surface area contributed by atoms with Gasteiger partial charge in [-0.05, 0) is 30.7 Å². The van der Waals surface area contributed by atoms with Crippen molar-refractivity contribution in [2.75, 3.05) is 5.32 Å². The second kappa shape index (κ2) is 5.57. The van der Waals surface area contributed by atoms with Crippen LogP contribution in [0.2, 0.25) is 0 Å². The Hall–Kier alpha value is -2.28. The maximum Gasteiger partial charge on any atom is 0.257 e. The fourth-order valence-electron chi connectivity index (χ4n) is 1.40. The van der Waals surface area contributed by atoms with E-state index in [2.05, 4.69) is 15.5 Å². The highest BCUT2D eigenvalue weighted by Gasteiger charge is 2.10. The highest BCUT2D eigenvalue weighted by Crippen LogP contribution is 2.16. The third kappa shape index (κ3) is 3.14. The molecule has 1 aromatic carbocycles. The number of hydrogen-bond acceptors (Lipinski definition) is 5. The minimum absolute atomic E-state index is 0.296. The van der Waals surface area contributed by atoms with Gasteiger partial charge in [0.1, 0.15) is 5.01 Å². The topological polar surface area (TPSA) is 98.0 Å². The molecule has 0 spiro atoms. The zero-order valence-corrected chi connectivity index (χ0v) is 11.0. The summed E-state index contributed by atoms with van der Waals surface area (Å²) in [6.45, 7) is 1.97. The summed E-state index contributed by atoms with van der Waals surface area (Å²) in [7, 11) is 0. The predicted octanol–water partition coefficient (Wildman–Crippen LogP) is 1.45. The summed E-state index contributed by atoms with van der Waals surface area (Å²) in [5, 5.41) is 11.7.